The second-order valence-electron chi connectivity index (χ2n) is 5.95. The van der Waals surface area contributed by atoms with Crippen LogP contribution in [0.15, 0.2) is 52.1 Å². The van der Waals surface area contributed by atoms with Crippen molar-refractivity contribution < 1.29 is 70.7 Å². The number of methoxy groups -OCH3 is 3. The molecule has 8 nitrogen and oxygen atoms in total. The Morgan fingerprint density at radius 2 is 1.69 bits per heavy atom. The van der Waals surface area contributed by atoms with Crippen molar-refractivity contribution in [3.8, 4) is 28.8 Å². The van der Waals surface area contributed by atoms with Crippen molar-refractivity contribution in [1.82, 2.24) is 9.55 Å². The molecule has 1 aromatic heterocycles. The molecule has 9 heteroatoms. The molecule has 3 rings (SSSR count). The van der Waals surface area contributed by atoms with Crippen molar-refractivity contribution >= 4 is 0 Å². The Labute approximate surface area is 209 Å². The molecular weight excluding hydrogens is 403 g/mol. The second-order valence-corrected chi connectivity index (χ2v) is 5.95. The molecule has 0 spiro atoms. The van der Waals surface area contributed by atoms with Gasteiger partial charge in [-0.15, -0.1) is 0 Å². The quantitative estimate of drug-likeness (QED) is 0.471. The molecule has 29 heavy (non-hydrogen) atoms. The van der Waals surface area contributed by atoms with Gasteiger partial charge < -0.3 is 24.3 Å². The van der Waals surface area contributed by atoms with E-state index in [0.29, 0.717) is 28.5 Å². The molecule has 2 aromatic carbocycles. The molecule has 0 aliphatic carbocycles. The van der Waals surface area contributed by atoms with Gasteiger partial charge >= 0.3 is 57.1 Å². The van der Waals surface area contributed by atoms with E-state index in [-0.39, 0.29) is 63.4 Å². The zero-order valence-corrected chi connectivity index (χ0v) is 19.8. The summed E-state index contributed by atoms with van der Waals surface area (Å²) in [6, 6.07) is 11.6. The summed E-state index contributed by atoms with van der Waals surface area (Å²) < 4.78 is 16.5. The zero-order chi connectivity index (χ0) is 20.3. The molecule has 0 aliphatic heterocycles. The van der Waals surface area contributed by atoms with Crippen LogP contribution in [-0.4, -0.2) is 30.9 Å². The largest absolute Gasteiger partial charge is 1.00 e. The van der Waals surface area contributed by atoms with Gasteiger partial charge in [0.05, 0.1) is 27.0 Å². The smallest absolute Gasteiger partial charge is 0.860 e. The SMILES string of the molecule is COc1cccc(-n2c(=O)[nH]c([O-])c(Cc3ccc(OC)c(OC)c3)c2=O)c1.[K+]. The third kappa shape index (κ3) is 4.93. The topological polar surface area (TPSA) is 106 Å². The van der Waals surface area contributed by atoms with Gasteiger partial charge in [-0.05, 0) is 35.7 Å². The summed E-state index contributed by atoms with van der Waals surface area (Å²) in [6.45, 7) is 0. The van der Waals surface area contributed by atoms with Crippen molar-refractivity contribution in [3.05, 3.63) is 74.4 Å². The van der Waals surface area contributed by atoms with Crippen LogP contribution in [0.25, 0.3) is 5.69 Å². The molecule has 0 saturated carbocycles. The molecule has 0 radical (unpaired) electrons. The van der Waals surface area contributed by atoms with Crippen LogP contribution in [0.3, 0.4) is 0 Å². The molecule has 0 saturated heterocycles. The molecule has 1 N–H and O–H groups in total. The molecule has 0 amide bonds. The number of hydrogen-bond acceptors (Lipinski definition) is 6. The van der Waals surface area contributed by atoms with Gasteiger partial charge in [0, 0.05) is 18.1 Å². The van der Waals surface area contributed by atoms with E-state index >= 15 is 0 Å². The Kier molecular flexibility index (Phi) is 8.11. The molecule has 1 heterocycles. The standard InChI is InChI=1S/C20H20N2O6.K/c1-26-14-6-4-5-13(11-14)22-19(24)15(18(23)21-20(22)25)9-12-7-8-16(27-2)17(10-12)28-3;/h4-8,10-11,23H,9H2,1-3H3,(H,21,25);/q;+1/p-1. The Morgan fingerprint density at radius 1 is 0.966 bits per heavy atom. The normalized spacial score (nSPS) is 10.2. The van der Waals surface area contributed by atoms with Gasteiger partial charge in [0.2, 0.25) is 0 Å². The number of nitrogens with one attached hydrogen (secondary N) is 1. The van der Waals surface area contributed by atoms with E-state index in [2.05, 4.69) is 4.98 Å². The van der Waals surface area contributed by atoms with Crippen LogP contribution in [0, 0.1) is 0 Å². The monoisotopic (exact) mass is 422 g/mol. The molecular formula is C20H19KN2O6. The number of rotatable bonds is 6. The fourth-order valence-corrected chi connectivity index (χ4v) is 2.89. The number of benzene rings is 2. The Morgan fingerprint density at radius 3 is 2.34 bits per heavy atom. The van der Waals surface area contributed by atoms with Gasteiger partial charge in [-0.3, -0.25) is 4.79 Å². The van der Waals surface area contributed by atoms with Gasteiger partial charge in [0.25, 0.3) is 5.56 Å². The van der Waals surface area contributed by atoms with Gasteiger partial charge in [-0.2, -0.15) is 0 Å². The van der Waals surface area contributed by atoms with Gasteiger partial charge in [-0.25, -0.2) is 9.36 Å². The third-order valence-corrected chi connectivity index (χ3v) is 4.30. The van der Waals surface area contributed by atoms with E-state index in [1.165, 1.54) is 21.3 Å². The van der Waals surface area contributed by atoms with Gasteiger partial charge in [0.1, 0.15) is 5.75 Å². The van der Waals surface area contributed by atoms with Crippen LogP contribution in [0.4, 0.5) is 0 Å². The number of aromatic amines is 1. The van der Waals surface area contributed by atoms with Crippen LogP contribution in [0.2, 0.25) is 0 Å². The molecule has 0 aliphatic rings. The van der Waals surface area contributed by atoms with Crippen LogP contribution < -0.4 is 82.0 Å². The maximum Gasteiger partial charge on any atom is 1.00 e. The number of ether oxygens (including phenoxy) is 3. The van der Waals surface area contributed by atoms with E-state index in [1.807, 2.05) is 0 Å². The molecule has 3 aromatic rings. The second kappa shape index (κ2) is 10.1. The average Bonchev–Trinajstić information content (AvgIpc) is 2.71. The minimum atomic E-state index is -0.806. The third-order valence-electron chi connectivity index (χ3n) is 4.30. The van der Waals surface area contributed by atoms with Crippen molar-refractivity contribution in [2.75, 3.05) is 21.3 Å². The maximum atomic E-state index is 12.9. The van der Waals surface area contributed by atoms with Crippen LogP contribution in [-0.2, 0) is 6.42 Å². The fourth-order valence-electron chi connectivity index (χ4n) is 2.89. The number of aromatic nitrogens is 2. The molecule has 146 valence electrons. The van der Waals surface area contributed by atoms with E-state index in [0.717, 1.165) is 4.57 Å². The summed E-state index contributed by atoms with van der Waals surface area (Å²) in [5.74, 6) is 0.772. The van der Waals surface area contributed by atoms with E-state index in [9.17, 15) is 14.7 Å². The number of hydrogen-bond donors (Lipinski definition) is 1. The summed E-state index contributed by atoms with van der Waals surface area (Å²) in [5, 5.41) is 12.3. The Balaban J connectivity index is 0.00000300. The maximum absolute atomic E-state index is 12.9. The number of nitrogens with zero attached hydrogens (tertiary/aromatic N) is 1. The summed E-state index contributed by atoms with van der Waals surface area (Å²) in [5.41, 5.74) is -0.582. The van der Waals surface area contributed by atoms with E-state index in [1.54, 1.807) is 42.5 Å². The molecule has 0 atom stereocenters. The predicted octanol–water partition coefficient (Wildman–Crippen LogP) is -1.78. The van der Waals surface area contributed by atoms with Crippen LogP contribution in [0.5, 0.6) is 23.1 Å². The molecule has 0 bridgehead atoms. The fraction of sp³-hybridized carbons (Fsp3) is 0.200. The molecule has 0 fully saturated rings. The van der Waals surface area contributed by atoms with Gasteiger partial charge in [-0.1, -0.05) is 12.1 Å². The first-order valence-corrected chi connectivity index (χ1v) is 8.39. The molecule has 0 unspecified atom stereocenters. The average molecular weight is 422 g/mol. The first-order valence-electron chi connectivity index (χ1n) is 8.39. The minimum Gasteiger partial charge on any atom is -0.860 e. The first kappa shape index (κ1) is 23.2. The minimum absolute atomic E-state index is 0. The van der Waals surface area contributed by atoms with Crippen molar-refractivity contribution in [2.45, 2.75) is 6.42 Å². The first-order chi connectivity index (χ1) is 13.5. The summed E-state index contributed by atoms with van der Waals surface area (Å²) in [4.78, 5) is 27.4. The predicted molar refractivity (Wildman–Crippen MR) is 101 cm³/mol. The zero-order valence-electron chi connectivity index (χ0n) is 16.6. The van der Waals surface area contributed by atoms with E-state index < -0.39 is 17.1 Å². The van der Waals surface area contributed by atoms with Crippen LogP contribution >= 0.6 is 0 Å². The Hall–Kier alpha value is -2.04. The van der Waals surface area contributed by atoms with Crippen LogP contribution in [0.1, 0.15) is 11.1 Å². The Bertz CT molecular complexity index is 1120. The van der Waals surface area contributed by atoms with Crippen molar-refractivity contribution in [3.63, 3.8) is 0 Å². The number of H-pyrrole nitrogens is 1. The summed E-state index contributed by atoms with van der Waals surface area (Å²) in [6.07, 6.45) is 0.0266. The van der Waals surface area contributed by atoms with E-state index in [4.69, 9.17) is 14.2 Å². The summed E-state index contributed by atoms with van der Waals surface area (Å²) in [7, 11) is 4.49. The summed E-state index contributed by atoms with van der Waals surface area (Å²) >= 11 is 0. The van der Waals surface area contributed by atoms with Crippen molar-refractivity contribution in [2.24, 2.45) is 0 Å². The van der Waals surface area contributed by atoms with Gasteiger partial charge in [0.15, 0.2) is 11.5 Å². The van der Waals surface area contributed by atoms with Crippen molar-refractivity contribution in [1.29, 1.82) is 0 Å².